The van der Waals surface area contributed by atoms with E-state index in [2.05, 4.69) is 36.2 Å². The number of piperidine rings is 1. The maximum atomic E-state index is 10.7. The highest BCUT2D eigenvalue weighted by molar-refractivity contribution is 6.30. The van der Waals surface area contributed by atoms with E-state index < -0.39 is 0 Å². The number of hydrogen-bond donors (Lipinski definition) is 2. The van der Waals surface area contributed by atoms with Crippen LogP contribution in [0.5, 0.6) is 0 Å². The Morgan fingerprint density at radius 1 is 1.23 bits per heavy atom. The molecule has 2 rings (SSSR count). The number of aliphatic hydroxyl groups excluding tert-OH is 1. The van der Waals surface area contributed by atoms with Crippen molar-refractivity contribution >= 4 is 11.6 Å². The maximum absolute atomic E-state index is 10.7. The third-order valence-corrected chi connectivity index (χ3v) is 5.10. The largest absolute Gasteiger partial charge is 0.392 e. The van der Waals surface area contributed by atoms with Crippen molar-refractivity contribution < 1.29 is 5.11 Å². The van der Waals surface area contributed by atoms with Crippen molar-refractivity contribution in [3.05, 3.63) is 34.9 Å². The summed E-state index contributed by atoms with van der Waals surface area (Å²) in [5.74, 6) is 0.388. The average molecular weight is 325 g/mol. The molecule has 3 nitrogen and oxygen atoms in total. The van der Waals surface area contributed by atoms with E-state index in [1.54, 1.807) is 0 Å². The van der Waals surface area contributed by atoms with E-state index in [0.717, 1.165) is 24.7 Å². The average Bonchev–Trinajstić information content (AvgIpc) is 2.53. The molecule has 0 aromatic heterocycles. The molecule has 1 aromatic carbocycles. The molecule has 1 heterocycles. The van der Waals surface area contributed by atoms with Gasteiger partial charge in [0.05, 0.1) is 6.10 Å². The molecule has 1 aliphatic heterocycles. The zero-order chi connectivity index (χ0) is 16.1. The number of aliphatic hydroxyl groups is 1. The molecule has 1 fully saturated rings. The van der Waals surface area contributed by atoms with E-state index in [1.165, 1.54) is 18.4 Å². The second kappa shape index (κ2) is 8.30. The highest BCUT2D eigenvalue weighted by Gasteiger charge is 2.28. The summed E-state index contributed by atoms with van der Waals surface area (Å²) in [7, 11) is 2.04. The highest BCUT2D eigenvalue weighted by Crippen LogP contribution is 2.28. The van der Waals surface area contributed by atoms with Gasteiger partial charge in [-0.1, -0.05) is 37.6 Å². The molecule has 2 atom stereocenters. The first-order chi connectivity index (χ1) is 10.5. The molecule has 1 saturated heterocycles. The predicted molar refractivity (Wildman–Crippen MR) is 93.6 cm³/mol. The fraction of sp³-hybridized carbons (Fsp3) is 0.667. The standard InChI is InChI=1S/C18H29ClN2O/c1-13(2)18(22)17(14-4-6-15(19)7-5-14)12-21-10-8-16(20-3)9-11-21/h4-7,13,16-18,20,22H,8-12H2,1-3H3/t17-,18?/m1/s1. The molecule has 0 saturated carbocycles. The topological polar surface area (TPSA) is 35.5 Å². The second-order valence-electron chi connectivity index (χ2n) is 6.76. The Bertz CT molecular complexity index is 441. The van der Waals surface area contributed by atoms with Gasteiger partial charge in [0.15, 0.2) is 0 Å². The molecule has 1 unspecified atom stereocenters. The van der Waals surface area contributed by atoms with Crippen LogP contribution >= 0.6 is 11.6 Å². The first kappa shape index (κ1) is 17.7. The van der Waals surface area contributed by atoms with E-state index in [9.17, 15) is 5.11 Å². The van der Waals surface area contributed by atoms with Crippen molar-refractivity contribution in [2.24, 2.45) is 5.92 Å². The Morgan fingerprint density at radius 2 is 1.82 bits per heavy atom. The van der Waals surface area contributed by atoms with Crippen LogP contribution in [0, 0.1) is 5.92 Å². The van der Waals surface area contributed by atoms with Gasteiger partial charge in [-0.25, -0.2) is 0 Å². The number of nitrogens with zero attached hydrogens (tertiary/aromatic N) is 1. The Morgan fingerprint density at radius 3 is 2.32 bits per heavy atom. The summed E-state index contributed by atoms with van der Waals surface area (Å²) in [5, 5.41) is 14.8. The fourth-order valence-electron chi connectivity index (χ4n) is 3.27. The lowest BCUT2D eigenvalue weighted by atomic mass is 9.86. The second-order valence-corrected chi connectivity index (χ2v) is 7.19. The zero-order valence-corrected chi connectivity index (χ0v) is 14.7. The number of likely N-dealkylation sites (tertiary alicyclic amines) is 1. The zero-order valence-electron chi connectivity index (χ0n) is 13.9. The van der Waals surface area contributed by atoms with Gasteiger partial charge in [0.2, 0.25) is 0 Å². The summed E-state index contributed by atoms with van der Waals surface area (Å²) in [6, 6.07) is 8.59. The molecule has 0 bridgehead atoms. The number of hydrogen-bond acceptors (Lipinski definition) is 3. The van der Waals surface area contributed by atoms with Gasteiger partial charge in [0.25, 0.3) is 0 Å². The van der Waals surface area contributed by atoms with Crippen LogP contribution in [-0.2, 0) is 0 Å². The molecule has 0 aliphatic carbocycles. The van der Waals surface area contributed by atoms with Gasteiger partial charge in [0.1, 0.15) is 0 Å². The lowest BCUT2D eigenvalue weighted by molar-refractivity contribution is 0.0708. The van der Waals surface area contributed by atoms with Crippen molar-refractivity contribution in [1.82, 2.24) is 10.2 Å². The van der Waals surface area contributed by atoms with E-state index in [4.69, 9.17) is 11.6 Å². The summed E-state index contributed by atoms with van der Waals surface area (Å²) >= 11 is 6.00. The van der Waals surface area contributed by atoms with Crippen LogP contribution in [0.1, 0.15) is 38.2 Å². The van der Waals surface area contributed by atoms with Crippen molar-refractivity contribution in [3.8, 4) is 0 Å². The van der Waals surface area contributed by atoms with E-state index in [1.807, 2.05) is 19.2 Å². The summed E-state index contributed by atoms with van der Waals surface area (Å²) in [6.45, 7) is 7.28. The van der Waals surface area contributed by atoms with E-state index in [-0.39, 0.29) is 17.9 Å². The minimum absolute atomic E-state index is 0.142. The molecule has 0 radical (unpaired) electrons. The molecule has 124 valence electrons. The van der Waals surface area contributed by atoms with Crippen LogP contribution in [0.3, 0.4) is 0 Å². The summed E-state index contributed by atoms with van der Waals surface area (Å²) in [6.07, 6.45) is 2.03. The molecule has 22 heavy (non-hydrogen) atoms. The Hall–Kier alpha value is -0.610. The van der Waals surface area contributed by atoms with Gasteiger partial charge in [-0.2, -0.15) is 0 Å². The highest BCUT2D eigenvalue weighted by atomic mass is 35.5. The Kier molecular flexibility index (Phi) is 6.69. The smallest absolute Gasteiger partial charge is 0.0643 e. The number of rotatable bonds is 6. The summed E-state index contributed by atoms with van der Waals surface area (Å²) in [5.41, 5.74) is 1.18. The third-order valence-electron chi connectivity index (χ3n) is 4.84. The Labute approximate surface area is 139 Å². The van der Waals surface area contributed by atoms with E-state index in [0.29, 0.717) is 6.04 Å². The third kappa shape index (κ3) is 4.69. The molecule has 0 spiro atoms. The minimum Gasteiger partial charge on any atom is -0.392 e. The molecule has 1 aliphatic rings. The van der Waals surface area contributed by atoms with Crippen LogP contribution in [-0.4, -0.2) is 48.8 Å². The monoisotopic (exact) mass is 324 g/mol. The van der Waals surface area contributed by atoms with Gasteiger partial charge >= 0.3 is 0 Å². The van der Waals surface area contributed by atoms with Crippen molar-refractivity contribution in [2.75, 3.05) is 26.7 Å². The van der Waals surface area contributed by atoms with Crippen LogP contribution in [0.25, 0.3) is 0 Å². The van der Waals surface area contributed by atoms with Gasteiger partial charge < -0.3 is 15.3 Å². The van der Waals surface area contributed by atoms with Gasteiger partial charge in [-0.05, 0) is 56.6 Å². The first-order valence-electron chi connectivity index (χ1n) is 8.34. The first-order valence-corrected chi connectivity index (χ1v) is 8.72. The molecular weight excluding hydrogens is 296 g/mol. The molecule has 4 heteroatoms. The summed E-state index contributed by atoms with van der Waals surface area (Å²) < 4.78 is 0. The molecule has 2 N–H and O–H groups in total. The number of benzene rings is 1. The van der Waals surface area contributed by atoms with Crippen molar-refractivity contribution in [2.45, 2.75) is 44.8 Å². The quantitative estimate of drug-likeness (QED) is 0.844. The van der Waals surface area contributed by atoms with Crippen LogP contribution < -0.4 is 5.32 Å². The lowest BCUT2D eigenvalue weighted by Crippen LogP contribution is -2.44. The summed E-state index contributed by atoms with van der Waals surface area (Å²) in [4.78, 5) is 2.48. The van der Waals surface area contributed by atoms with Crippen LogP contribution in [0.15, 0.2) is 24.3 Å². The fourth-order valence-corrected chi connectivity index (χ4v) is 3.39. The van der Waals surface area contributed by atoms with Crippen molar-refractivity contribution in [3.63, 3.8) is 0 Å². The minimum atomic E-state index is -0.330. The van der Waals surface area contributed by atoms with Gasteiger partial charge in [-0.3, -0.25) is 0 Å². The van der Waals surface area contributed by atoms with Gasteiger partial charge in [-0.15, -0.1) is 0 Å². The normalized spacial score (nSPS) is 20.3. The van der Waals surface area contributed by atoms with Crippen molar-refractivity contribution in [1.29, 1.82) is 0 Å². The number of nitrogens with one attached hydrogen (secondary N) is 1. The number of halogens is 1. The SMILES string of the molecule is CNC1CCN(C[C@H](c2ccc(Cl)cc2)C(O)C(C)C)CC1. The molecular formula is C18H29ClN2O. The Balaban J connectivity index is 2.07. The predicted octanol–water partition coefficient (Wildman–Crippen LogP) is 3.12. The van der Waals surface area contributed by atoms with Crippen LogP contribution in [0.2, 0.25) is 5.02 Å². The lowest BCUT2D eigenvalue weighted by Gasteiger charge is -2.36. The van der Waals surface area contributed by atoms with Gasteiger partial charge in [0, 0.05) is 23.5 Å². The molecule has 0 amide bonds. The maximum Gasteiger partial charge on any atom is 0.0643 e. The van der Waals surface area contributed by atoms with E-state index >= 15 is 0 Å². The van der Waals surface area contributed by atoms with Crippen LogP contribution in [0.4, 0.5) is 0 Å². The molecule has 1 aromatic rings.